The van der Waals surface area contributed by atoms with Crippen LogP contribution in [0, 0.1) is 12.3 Å². The second kappa shape index (κ2) is 18.6. The van der Waals surface area contributed by atoms with Gasteiger partial charge in [-0.05, 0) is 57.0 Å². The van der Waals surface area contributed by atoms with Crippen LogP contribution in [-0.4, -0.2) is 43.6 Å². The number of hydrogen-bond acceptors (Lipinski definition) is 3. The highest BCUT2D eigenvalue weighted by atomic mass is 19.3. The molecule has 0 aromatic carbocycles. The SMILES string of the molecule is C#CC.CCCCCC.COc1cc(C2=C/CCCCN(C)C/C=C\2C(F)F)ccn1. The summed E-state index contributed by atoms with van der Waals surface area (Å²) in [6.45, 7) is 7.57. The van der Waals surface area contributed by atoms with Crippen LogP contribution in [0.4, 0.5) is 8.78 Å². The molecular weight excluding hydrogens is 394 g/mol. The van der Waals surface area contributed by atoms with Crippen LogP contribution in [0.2, 0.25) is 0 Å². The Morgan fingerprint density at radius 3 is 2.39 bits per heavy atom. The standard InChI is InChI=1S/C17H22F2N2O.C6H14.C3H4/c1-21-10-5-3-4-6-14(15(8-11-21)17(18)19)13-7-9-20-16(12-13)22-2;1-3-5-6-4-2;1-3-2/h6-9,12,17H,3-5,10-11H2,1-2H3;3-6H2,1-2H3;1H,2H3/b14-6-,15-8+;;. The van der Waals surface area contributed by atoms with Crippen LogP contribution in [0.3, 0.4) is 0 Å². The van der Waals surface area contributed by atoms with E-state index in [-0.39, 0.29) is 5.57 Å². The summed E-state index contributed by atoms with van der Waals surface area (Å²) in [4.78, 5) is 6.11. The monoisotopic (exact) mass is 434 g/mol. The van der Waals surface area contributed by atoms with E-state index in [0.717, 1.165) is 31.4 Å². The van der Waals surface area contributed by atoms with Crippen molar-refractivity contribution in [2.45, 2.75) is 72.1 Å². The van der Waals surface area contributed by atoms with E-state index in [0.29, 0.717) is 18.0 Å². The van der Waals surface area contributed by atoms with Crippen LogP contribution < -0.4 is 4.74 Å². The number of pyridine rings is 1. The van der Waals surface area contributed by atoms with Crippen LogP contribution in [0.25, 0.3) is 5.57 Å². The zero-order valence-electron chi connectivity index (χ0n) is 20.0. The van der Waals surface area contributed by atoms with E-state index in [1.807, 2.05) is 13.1 Å². The van der Waals surface area contributed by atoms with Gasteiger partial charge in [-0.3, -0.25) is 0 Å². The second-order valence-corrected chi connectivity index (χ2v) is 7.42. The van der Waals surface area contributed by atoms with E-state index in [9.17, 15) is 8.78 Å². The first-order valence-electron chi connectivity index (χ1n) is 11.2. The Bertz CT molecular complexity index is 689. The molecule has 1 aromatic heterocycles. The molecule has 5 heteroatoms. The Kier molecular flexibility index (Phi) is 17.3. The lowest BCUT2D eigenvalue weighted by molar-refractivity contribution is 0.194. The van der Waals surface area contributed by atoms with Crippen LogP contribution in [0.1, 0.15) is 71.3 Å². The molecule has 3 nitrogen and oxygen atoms in total. The Hall–Kier alpha value is -2.19. The van der Waals surface area contributed by atoms with Crippen molar-refractivity contribution in [3.05, 3.63) is 41.6 Å². The number of methoxy groups -OCH3 is 1. The van der Waals surface area contributed by atoms with Crippen molar-refractivity contribution >= 4 is 5.57 Å². The van der Waals surface area contributed by atoms with Crippen LogP contribution >= 0.6 is 0 Å². The number of terminal acetylenes is 1. The molecule has 0 amide bonds. The van der Waals surface area contributed by atoms with Crippen molar-refractivity contribution < 1.29 is 13.5 Å². The molecule has 0 aliphatic carbocycles. The van der Waals surface area contributed by atoms with Crippen molar-refractivity contribution in [3.8, 4) is 18.2 Å². The molecule has 0 radical (unpaired) electrons. The maximum absolute atomic E-state index is 13.5. The third kappa shape index (κ3) is 13.0. The molecule has 0 bridgehead atoms. The van der Waals surface area contributed by atoms with E-state index in [1.54, 1.807) is 31.3 Å². The van der Waals surface area contributed by atoms with Gasteiger partial charge in [0.2, 0.25) is 5.88 Å². The number of hydrogen-bond donors (Lipinski definition) is 0. The molecule has 2 heterocycles. The van der Waals surface area contributed by atoms with Gasteiger partial charge in [-0.2, -0.15) is 0 Å². The average Bonchev–Trinajstić information content (AvgIpc) is 2.77. The minimum atomic E-state index is -2.50. The molecule has 0 saturated heterocycles. The quantitative estimate of drug-likeness (QED) is 0.356. The molecule has 0 spiro atoms. The third-order valence-electron chi connectivity index (χ3n) is 4.72. The number of nitrogens with zero attached hydrogens (tertiary/aromatic N) is 2. The minimum Gasteiger partial charge on any atom is -0.481 e. The predicted molar refractivity (Wildman–Crippen MR) is 129 cm³/mol. The second-order valence-electron chi connectivity index (χ2n) is 7.42. The number of rotatable bonds is 6. The first kappa shape index (κ1) is 28.8. The largest absolute Gasteiger partial charge is 0.481 e. The summed E-state index contributed by atoms with van der Waals surface area (Å²) < 4.78 is 32.2. The molecule has 174 valence electrons. The molecule has 1 aliphatic heterocycles. The molecule has 31 heavy (non-hydrogen) atoms. The van der Waals surface area contributed by atoms with Crippen LogP contribution in [0.5, 0.6) is 5.88 Å². The van der Waals surface area contributed by atoms with Gasteiger partial charge >= 0.3 is 0 Å². The summed E-state index contributed by atoms with van der Waals surface area (Å²) in [7, 11) is 3.48. The maximum Gasteiger partial charge on any atom is 0.264 e. The fraction of sp³-hybridized carbons (Fsp3) is 0.577. The average molecular weight is 435 g/mol. The van der Waals surface area contributed by atoms with E-state index >= 15 is 0 Å². The summed E-state index contributed by atoms with van der Waals surface area (Å²) in [5.74, 6) is 2.68. The molecule has 1 aromatic rings. The Labute approximate surface area is 188 Å². The molecule has 1 aliphatic rings. The summed E-state index contributed by atoms with van der Waals surface area (Å²) in [6, 6.07) is 3.46. The molecule has 0 unspecified atom stereocenters. The van der Waals surface area contributed by atoms with Crippen molar-refractivity contribution in [1.82, 2.24) is 9.88 Å². The highest BCUT2D eigenvalue weighted by Gasteiger charge is 2.19. The summed E-state index contributed by atoms with van der Waals surface area (Å²) in [5.41, 5.74) is 1.40. The zero-order valence-corrected chi connectivity index (χ0v) is 20.0. The summed E-state index contributed by atoms with van der Waals surface area (Å²) in [6.07, 6.45) is 15.6. The van der Waals surface area contributed by atoms with Gasteiger partial charge in [0.05, 0.1) is 7.11 Å². The number of allylic oxidation sites excluding steroid dienone is 3. The van der Waals surface area contributed by atoms with Crippen molar-refractivity contribution in [2.24, 2.45) is 0 Å². The molecule has 0 fully saturated rings. The molecular formula is C26H40F2N2O. The van der Waals surface area contributed by atoms with Gasteiger partial charge in [-0.25, -0.2) is 13.8 Å². The number of aromatic nitrogens is 1. The van der Waals surface area contributed by atoms with Gasteiger partial charge in [-0.1, -0.05) is 51.7 Å². The first-order chi connectivity index (χ1) is 14.9. The minimum absolute atomic E-state index is 0.0852. The fourth-order valence-electron chi connectivity index (χ4n) is 3.03. The summed E-state index contributed by atoms with van der Waals surface area (Å²) >= 11 is 0. The van der Waals surface area contributed by atoms with Crippen molar-refractivity contribution in [1.29, 1.82) is 0 Å². The number of alkyl halides is 2. The Morgan fingerprint density at radius 2 is 1.84 bits per heavy atom. The first-order valence-corrected chi connectivity index (χ1v) is 11.2. The highest BCUT2D eigenvalue weighted by molar-refractivity contribution is 5.80. The lowest BCUT2D eigenvalue weighted by atomic mass is 9.96. The van der Waals surface area contributed by atoms with Gasteiger partial charge in [0.25, 0.3) is 6.43 Å². The van der Waals surface area contributed by atoms with Gasteiger partial charge in [-0.15, -0.1) is 12.3 Å². The number of ether oxygens (including phenoxy) is 1. The Morgan fingerprint density at radius 1 is 1.19 bits per heavy atom. The predicted octanol–water partition coefficient (Wildman–Crippen LogP) is 7.01. The number of unbranched alkanes of at least 4 members (excludes halogenated alkanes) is 3. The molecule has 2 rings (SSSR count). The zero-order chi connectivity index (χ0) is 23.5. The van der Waals surface area contributed by atoms with Crippen molar-refractivity contribution in [3.63, 3.8) is 0 Å². The number of halogens is 2. The smallest absolute Gasteiger partial charge is 0.264 e. The van der Waals surface area contributed by atoms with E-state index in [2.05, 4.69) is 36.1 Å². The molecule has 0 N–H and O–H groups in total. The maximum atomic E-state index is 13.5. The normalized spacial score (nSPS) is 18.0. The van der Waals surface area contributed by atoms with Gasteiger partial charge in [0.15, 0.2) is 0 Å². The lowest BCUT2D eigenvalue weighted by Crippen LogP contribution is -2.21. The number of likely N-dealkylation sites (N-methyl/N-ethyl adjacent to an activating group) is 1. The third-order valence-corrected chi connectivity index (χ3v) is 4.72. The van der Waals surface area contributed by atoms with Gasteiger partial charge in [0, 0.05) is 24.4 Å². The van der Waals surface area contributed by atoms with E-state index in [4.69, 9.17) is 4.74 Å². The topological polar surface area (TPSA) is 25.4 Å². The Balaban J connectivity index is 0.000000848. The van der Waals surface area contributed by atoms with Crippen LogP contribution in [0.15, 0.2) is 36.1 Å². The molecule has 0 atom stereocenters. The molecule has 0 saturated carbocycles. The van der Waals surface area contributed by atoms with Crippen molar-refractivity contribution in [2.75, 3.05) is 27.2 Å². The summed E-state index contributed by atoms with van der Waals surface area (Å²) in [5, 5.41) is 0. The van der Waals surface area contributed by atoms with Crippen LogP contribution in [-0.2, 0) is 0 Å². The van der Waals surface area contributed by atoms with Gasteiger partial charge < -0.3 is 9.64 Å². The van der Waals surface area contributed by atoms with Gasteiger partial charge in [0.1, 0.15) is 0 Å². The highest BCUT2D eigenvalue weighted by Crippen LogP contribution is 2.30. The fourth-order valence-corrected chi connectivity index (χ4v) is 3.03. The van der Waals surface area contributed by atoms with E-state index < -0.39 is 6.43 Å². The van der Waals surface area contributed by atoms with E-state index in [1.165, 1.54) is 32.8 Å². The lowest BCUT2D eigenvalue weighted by Gasteiger charge is -2.19.